The highest BCUT2D eigenvalue weighted by molar-refractivity contribution is 5.37. The predicted octanol–water partition coefficient (Wildman–Crippen LogP) is 2.47. The standard InChI is InChI=1S/C15H25N3O/c1-15(2,3)16-10-13(19)12-8-5-9-14(18-12)17-11-6-4-7-11/h5,8-9,11,13,16,19H,4,6-7,10H2,1-3H3,(H,17,18)/t13-/m1/s1. The minimum Gasteiger partial charge on any atom is -0.385 e. The third-order valence-electron chi connectivity index (χ3n) is 3.39. The van der Waals surface area contributed by atoms with Crippen molar-refractivity contribution in [1.82, 2.24) is 10.3 Å². The van der Waals surface area contributed by atoms with E-state index in [1.807, 2.05) is 18.2 Å². The summed E-state index contributed by atoms with van der Waals surface area (Å²) in [6.45, 7) is 6.77. The lowest BCUT2D eigenvalue weighted by molar-refractivity contribution is 0.159. The maximum atomic E-state index is 10.2. The van der Waals surface area contributed by atoms with E-state index in [0.717, 1.165) is 11.5 Å². The van der Waals surface area contributed by atoms with Crippen molar-refractivity contribution >= 4 is 5.82 Å². The molecule has 1 aromatic rings. The first kappa shape index (κ1) is 14.3. The van der Waals surface area contributed by atoms with E-state index in [-0.39, 0.29) is 5.54 Å². The molecule has 1 aromatic heterocycles. The Labute approximate surface area is 115 Å². The van der Waals surface area contributed by atoms with Crippen LogP contribution in [0.1, 0.15) is 51.8 Å². The van der Waals surface area contributed by atoms with E-state index in [9.17, 15) is 5.11 Å². The number of hydrogen-bond donors (Lipinski definition) is 3. The molecule has 0 saturated heterocycles. The molecule has 1 aliphatic rings. The van der Waals surface area contributed by atoms with Crippen molar-refractivity contribution in [3.63, 3.8) is 0 Å². The first-order valence-electron chi connectivity index (χ1n) is 7.11. The van der Waals surface area contributed by atoms with Crippen LogP contribution in [0.5, 0.6) is 0 Å². The van der Waals surface area contributed by atoms with E-state index in [4.69, 9.17) is 0 Å². The second-order valence-corrected chi connectivity index (χ2v) is 6.37. The van der Waals surface area contributed by atoms with E-state index >= 15 is 0 Å². The summed E-state index contributed by atoms with van der Waals surface area (Å²) in [6, 6.07) is 6.35. The number of anilines is 1. The Morgan fingerprint density at radius 1 is 1.37 bits per heavy atom. The Balaban J connectivity index is 1.93. The minimum absolute atomic E-state index is 0.00275. The maximum Gasteiger partial charge on any atom is 0.126 e. The van der Waals surface area contributed by atoms with Gasteiger partial charge in [-0.25, -0.2) is 4.98 Å². The largest absolute Gasteiger partial charge is 0.385 e. The van der Waals surface area contributed by atoms with E-state index in [0.29, 0.717) is 12.6 Å². The SMILES string of the molecule is CC(C)(C)NC[C@@H](O)c1cccc(NC2CCC2)n1. The van der Waals surface area contributed by atoms with Gasteiger partial charge in [0.2, 0.25) is 0 Å². The lowest BCUT2D eigenvalue weighted by atomic mass is 9.93. The van der Waals surface area contributed by atoms with E-state index in [1.54, 1.807) is 0 Å². The summed E-state index contributed by atoms with van der Waals surface area (Å²) < 4.78 is 0. The number of aliphatic hydroxyl groups excluding tert-OH is 1. The van der Waals surface area contributed by atoms with Gasteiger partial charge in [0.15, 0.2) is 0 Å². The summed E-state index contributed by atoms with van der Waals surface area (Å²) in [6.07, 6.45) is 3.18. The number of nitrogens with one attached hydrogen (secondary N) is 2. The van der Waals surface area contributed by atoms with Crippen LogP contribution >= 0.6 is 0 Å². The molecule has 1 atom stereocenters. The van der Waals surface area contributed by atoms with Crippen molar-refractivity contribution < 1.29 is 5.11 Å². The summed E-state index contributed by atoms with van der Waals surface area (Å²) in [5, 5.41) is 16.9. The number of aliphatic hydroxyl groups is 1. The highest BCUT2D eigenvalue weighted by Gasteiger charge is 2.18. The second-order valence-electron chi connectivity index (χ2n) is 6.37. The van der Waals surface area contributed by atoms with Gasteiger partial charge in [0, 0.05) is 18.1 Å². The fourth-order valence-corrected chi connectivity index (χ4v) is 1.99. The number of aromatic nitrogens is 1. The Bertz CT molecular complexity index is 410. The first-order valence-corrected chi connectivity index (χ1v) is 7.11. The molecule has 106 valence electrons. The van der Waals surface area contributed by atoms with E-state index in [1.165, 1.54) is 19.3 Å². The van der Waals surface area contributed by atoms with Crippen LogP contribution in [0.25, 0.3) is 0 Å². The molecule has 19 heavy (non-hydrogen) atoms. The van der Waals surface area contributed by atoms with Crippen LogP contribution in [0.4, 0.5) is 5.82 Å². The molecule has 3 N–H and O–H groups in total. The van der Waals surface area contributed by atoms with Crippen molar-refractivity contribution in [1.29, 1.82) is 0 Å². The smallest absolute Gasteiger partial charge is 0.126 e. The highest BCUT2D eigenvalue weighted by atomic mass is 16.3. The number of β-amino-alcohol motifs (C(OH)–C–C–N with tert-alkyl or cyclic N) is 1. The number of rotatable bonds is 5. The Kier molecular flexibility index (Phi) is 4.42. The van der Waals surface area contributed by atoms with Crippen molar-refractivity contribution in [2.75, 3.05) is 11.9 Å². The van der Waals surface area contributed by atoms with Gasteiger partial charge in [-0.3, -0.25) is 0 Å². The molecular weight excluding hydrogens is 238 g/mol. The van der Waals surface area contributed by atoms with Crippen LogP contribution in [0.15, 0.2) is 18.2 Å². The molecule has 1 fully saturated rings. The summed E-state index contributed by atoms with van der Waals surface area (Å²) in [4.78, 5) is 4.49. The van der Waals surface area contributed by atoms with Crippen molar-refractivity contribution in [2.24, 2.45) is 0 Å². The molecule has 4 nitrogen and oxygen atoms in total. The van der Waals surface area contributed by atoms with Gasteiger partial charge in [-0.2, -0.15) is 0 Å². The number of hydrogen-bond acceptors (Lipinski definition) is 4. The number of pyridine rings is 1. The lowest BCUT2D eigenvalue weighted by Gasteiger charge is -2.27. The first-order chi connectivity index (χ1) is 8.94. The second kappa shape index (κ2) is 5.88. The molecule has 0 unspecified atom stereocenters. The van der Waals surface area contributed by atoms with Crippen molar-refractivity contribution in [2.45, 2.75) is 57.7 Å². The van der Waals surface area contributed by atoms with E-state index < -0.39 is 6.10 Å². The molecular formula is C15H25N3O. The Morgan fingerprint density at radius 3 is 2.68 bits per heavy atom. The van der Waals surface area contributed by atoms with Gasteiger partial charge < -0.3 is 15.7 Å². The summed E-state index contributed by atoms with van der Waals surface area (Å²) in [7, 11) is 0. The monoisotopic (exact) mass is 263 g/mol. The zero-order valence-electron chi connectivity index (χ0n) is 12.1. The zero-order chi connectivity index (χ0) is 13.9. The molecule has 2 rings (SSSR count). The van der Waals surface area contributed by atoms with Gasteiger partial charge in [-0.1, -0.05) is 6.07 Å². The third-order valence-corrected chi connectivity index (χ3v) is 3.39. The van der Waals surface area contributed by atoms with Gasteiger partial charge in [0.1, 0.15) is 11.9 Å². The number of nitrogens with zero attached hydrogens (tertiary/aromatic N) is 1. The zero-order valence-corrected chi connectivity index (χ0v) is 12.1. The molecule has 0 aromatic carbocycles. The average molecular weight is 263 g/mol. The van der Waals surface area contributed by atoms with Gasteiger partial charge in [0.25, 0.3) is 0 Å². The van der Waals surface area contributed by atoms with Crippen LogP contribution in [0.2, 0.25) is 0 Å². The molecule has 4 heteroatoms. The summed E-state index contributed by atoms with van der Waals surface area (Å²) in [5.41, 5.74) is 0.726. The molecule has 0 radical (unpaired) electrons. The van der Waals surface area contributed by atoms with Crippen molar-refractivity contribution in [3.8, 4) is 0 Å². The van der Waals surface area contributed by atoms with Crippen LogP contribution in [-0.2, 0) is 0 Å². The quantitative estimate of drug-likeness (QED) is 0.764. The van der Waals surface area contributed by atoms with Gasteiger partial charge in [0.05, 0.1) is 5.69 Å². The molecule has 1 saturated carbocycles. The molecule has 0 spiro atoms. The minimum atomic E-state index is -0.567. The molecule has 0 amide bonds. The molecule has 1 heterocycles. The van der Waals surface area contributed by atoms with Crippen LogP contribution < -0.4 is 10.6 Å². The average Bonchev–Trinajstić information content (AvgIpc) is 2.30. The van der Waals surface area contributed by atoms with Crippen LogP contribution in [-0.4, -0.2) is 28.2 Å². The predicted molar refractivity (Wildman–Crippen MR) is 78.2 cm³/mol. The van der Waals surface area contributed by atoms with Gasteiger partial charge in [-0.05, 0) is 52.2 Å². The van der Waals surface area contributed by atoms with E-state index in [2.05, 4.69) is 36.4 Å². The fourth-order valence-electron chi connectivity index (χ4n) is 1.99. The lowest BCUT2D eigenvalue weighted by Crippen LogP contribution is -2.38. The Morgan fingerprint density at radius 2 is 2.11 bits per heavy atom. The molecule has 0 bridgehead atoms. The normalized spacial score (nSPS) is 17.9. The van der Waals surface area contributed by atoms with Crippen LogP contribution in [0.3, 0.4) is 0 Å². The highest BCUT2D eigenvalue weighted by Crippen LogP contribution is 2.23. The fraction of sp³-hybridized carbons (Fsp3) is 0.667. The van der Waals surface area contributed by atoms with Crippen molar-refractivity contribution in [3.05, 3.63) is 23.9 Å². The van der Waals surface area contributed by atoms with Gasteiger partial charge >= 0.3 is 0 Å². The maximum absolute atomic E-state index is 10.2. The Hall–Kier alpha value is -1.13. The summed E-state index contributed by atoms with van der Waals surface area (Å²) in [5.74, 6) is 0.872. The van der Waals surface area contributed by atoms with Crippen LogP contribution in [0, 0.1) is 0 Å². The molecule has 0 aliphatic heterocycles. The van der Waals surface area contributed by atoms with Gasteiger partial charge in [-0.15, -0.1) is 0 Å². The third kappa shape index (κ3) is 4.48. The summed E-state index contributed by atoms with van der Waals surface area (Å²) >= 11 is 0. The topological polar surface area (TPSA) is 57.2 Å². The molecule has 1 aliphatic carbocycles.